The molecule has 1 aliphatic carbocycles. The average molecular weight is 456 g/mol. The molecule has 2 atom stereocenters. The second-order valence-electron chi connectivity index (χ2n) is 8.75. The predicted molar refractivity (Wildman–Crippen MR) is 131 cm³/mol. The molecule has 33 heavy (non-hydrogen) atoms. The number of nitrogens with two attached hydrogens (primary N) is 1. The smallest absolute Gasteiger partial charge is 0.239 e. The van der Waals surface area contributed by atoms with Gasteiger partial charge in [-0.3, -0.25) is 9.69 Å². The van der Waals surface area contributed by atoms with Crippen molar-refractivity contribution in [2.24, 2.45) is 10.7 Å². The van der Waals surface area contributed by atoms with Gasteiger partial charge in [-0.05, 0) is 61.8 Å². The van der Waals surface area contributed by atoms with Crippen LogP contribution in [0.5, 0.6) is 0 Å². The van der Waals surface area contributed by atoms with Gasteiger partial charge in [0.05, 0.1) is 11.6 Å². The van der Waals surface area contributed by atoms with Crippen LogP contribution in [-0.4, -0.2) is 33.8 Å². The number of carbonyl (C=O) groups excluding carboxylic acids is 1. The minimum Gasteiger partial charge on any atom is -0.369 e. The van der Waals surface area contributed by atoms with E-state index >= 15 is 0 Å². The van der Waals surface area contributed by atoms with Crippen LogP contribution in [0.3, 0.4) is 0 Å². The summed E-state index contributed by atoms with van der Waals surface area (Å²) in [5, 5.41) is 2.04. The van der Waals surface area contributed by atoms with Crippen LogP contribution < -0.4 is 5.73 Å². The number of aromatic nitrogens is 2. The molecule has 5 rings (SSSR count). The molecule has 3 heterocycles. The molecule has 0 bridgehead atoms. The van der Waals surface area contributed by atoms with Crippen molar-refractivity contribution in [2.45, 2.75) is 44.1 Å². The maximum Gasteiger partial charge on any atom is 0.239 e. The highest BCUT2D eigenvalue weighted by molar-refractivity contribution is 7.10. The van der Waals surface area contributed by atoms with E-state index in [0.717, 1.165) is 21.7 Å². The second kappa shape index (κ2) is 8.13. The molecule has 0 radical (unpaired) electrons. The Labute approximate surface area is 197 Å². The first-order valence-corrected chi connectivity index (χ1v) is 11.9. The molecule has 3 aromatic rings. The fourth-order valence-corrected chi connectivity index (χ4v) is 5.45. The minimum absolute atomic E-state index is 0.0540. The topological polar surface area (TPSA) is 84.5 Å². The lowest BCUT2D eigenvalue weighted by Crippen LogP contribution is -2.52. The van der Waals surface area contributed by atoms with Crippen LogP contribution in [0, 0.1) is 11.8 Å². The number of likely N-dealkylation sites (N-methyl/N-ethyl adjacent to an activating group) is 1. The number of hydrogen-bond donors (Lipinski definition) is 1. The molecule has 2 aliphatic rings. The van der Waals surface area contributed by atoms with Gasteiger partial charge in [0.2, 0.25) is 5.91 Å². The molecular weight excluding hydrogens is 430 g/mol. The SMILES string of the molecule is CC#Cc1cc(-c2csc([C@@]3(C)N=C(N)N(C)C(=O)C3c3ccc(C4CC4)cc3)c2)ncn1. The van der Waals surface area contributed by atoms with Crippen LogP contribution in [-0.2, 0) is 10.3 Å². The maximum absolute atomic E-state index is 13.5. The first-order valence-electron chi connectivity index (χ1n) is 11.0. The van der Waals surface area contributed by atoms with Crippen molar-refractivity contribution in [3.05, 3.63) is 69.8 Å². The zero-order chi connectivity index (χ0) is 23.2. The number of benzene rings is 1. The third kappa shape index (κ3) is 3.81. The van der Waals surface area contributed by atoms with Crippen LogP contribution in [0.15, 0.2) is 53.1 Å². The molecule has 7 heteroatoms. The maximum atomic E-state index is 13.5. The zero-order valence-electron chi connectivity index (χ0n) is 18.9. The number of hydrogen-bond acceptors (Lipinski definition) is 6. The Morgan fingerprint density at radius 3 is 2.58 bits per heavy atom. The Hall–Kier alpha value is -3.50. The molecule has 1 amide bonds. The summed E-state index contributed by atoms with van der Waals surface area (Å²) < 4.78 is 0. The van der Waals surface area contributed by atoms with E-state index in [4.69, 9.17) is 10.7 Å². The fraction of sp³-hybridized carbons (Fsp3) is 0.308. The van der Waals surface area contributed by atoms with Gasteiger partial charge >= 0.3 is 0 Å². The third-order valence-corrected chi connectivity index (χ3v) is 7.62. The van der Waals surface area contributed by atoms with Crippen molar-refractivity contribution in [3.8, 4) is 23.1 Å². The van der Waals surface area contributed by atoms with Crippen LogP contribution in [0.25, 0.3) is 11.3 Å². The number of carbonyl (C=O) groups is 1. The average Bonchev–Trinajstić information content (AvgIpc) is 3.54. The molecule has 1 aliphatic heterocycles. The first kappa shape index (κ1) is 21.4. The molecular formula is C26H25N5OS. The summed E-state index contributed by atoms with van der Waals surface area (Å²) in [4.78, 5) is 29.4. The summed E-state index contributed by atoms with van der Waals surface area (Å²) in [6.45, 7) is 3.77. The van der Waals surface area contributed by atoms with Crippen LogP contribution in [0.4, 0.5) is 0 Å². The molecule has 0 spiro atoms. The van der Waals surface area contributed by atoms with Crippen molar-refractivity contribution in [2.75, 3.05) is 7.05 Å². The number of thiophene rings is 1. The largest absolute Gasteiger partial charge is 0.369 e. The molecule has 166 valence electrons. The van der Waals surface area contributed by atoms with Crippen molar-refractivity contribution >= 4 is 23.2 Å². The summed E-state index contributed by atoms with van der Waals surface area (Å²) in [6, 6.07) is 12.4. The van der Waals surface area contributed by atoms with Gasteiger partial charge < -0.3 is 5.73 Å². The Kier molecular flexibility index (Phi) is 5.26. The summed E-state index contributed by atoms with van der Waals surface area (Å²) in [5.41, 5.74) is 10.1. The van der Waals surface area contributed by atoms with E-state index in [0.29, 0.717) is 11.6 Å². The van der Waals surface area contributed by atoms with E-state index in [-0.39, 0.29) is 11.9 Å². The van der Waals surface area contributed by atoms with Gasteiger partial charge in [-0.15, -0.1) is 11.3 Å². The Morgan fingerprint density at radius 1 is 1.15 bits per heavy atom. The van der Waals surface area contributed by atoms with Crippen LogP contribution in [0.2, 0.25) is 0 Å². The number of aliphatic imine (C=N–C) groups is 1. The highest BCUT2D eigenvalue weighted by Gasteiger charge is 2.48. The lowest BCUT2D eigenvalue weighted by molar-refractivity contribution is -0.130. The van der Waals surface area contributed by atoms with Gasteiger partial charge in [0.15, 0.2) is 5.96 Å². The first-order chi connectivity index (χ1) is 15.9. The number of guanidine groups is 1. The lowest BCUT2D eigenvalue weighted by Gasteiger charge is -2.40. The molecule has 1 saturated carbocycles. The number of rotatable bonds is 4. The zero-order valence-corrected chi connectivity index (χ0v) is 19.7. The Balaban J connectivity index is 1.57. The number of amides is 1. The van der Waals surface area contributed by atoms with Gasteiger partial charge in [0.1, 0.15) is 17.6 Å². The highest BCUT2D eigenvalue weighted by Crippen LogP contribution is 2.47. The fourth-order valence-electron chi connectivity index (χ4n) is 4.41. The minimum atomic E-state index is -0.823. The molecule has 2 N–H and O–H groups in total. The number of nitrogens with zero attached hydrogens (tertiary/aromatic N) is 4. The van der Waals surface area contributed by atoms with E-state index in [1.54, 1.807) is 25.3 Å². The summed E-state index contributed by atoms with van der Waals surface area (Å²) in [6.07, 6.45) is 4.01. The van der Waals surface area contributed by atoms with Crippen molar-refractivity contribution in [1.29, 1.82) is 0 Å². The Bertz CT molecular complexity index is 1310. The normalized spacial score (nSPS) is 22.5. The van der Waals surface area contributed by atoms with E-state index in [9.17, 15) is 4.79 Å². The molecule has 1 fully saturated rings. The van der Waals surface area contributed by atoms with E-state index in [1.165, 1.54) is 29.6 Å². The quantitative estimate of drug-likeness (QED) is 0.597. The molecule has 2 aromatic heterocycles. The monoisotopic (exact) mass is 455 g/mol. The molecule has 0 saturated heterocycles. The summed E-state index contributed by atoms with van der Waals surface area (Å²) in [7, 11) is 1.68. The summed E-state index contributed by atoms with van der Waals surface area (Å²) in [5.74, 6) is 6.21. The van der Waals surface area contributed by atoms with Gasteiger partial charge in [0.25, 0.3) is 0 Å². The van der Waals surface area contributed by atoms with Gasteiger partial charge in [-0.1, -0.05) is 30.2 Å². The second-order valence-corrected chi connectivity index (χ2v) is 9.66. The van der Waals surface area contributed by atoms with Crippen molar-refractivity contribution in [1.82, 2.24) is 14.9 Å². The standard InChI is InChI=1S/C26H25N5OS/c1-4-5-20-13-21(29-15-28-20)19-12-22(33-14-19)26(2)23(24(32)31(3)25(27)30-26)18-10-8-17(9-11-18)16-6-7-16/h8-16,23H,6-7H2,1-3H3,(H2,27,30)/t23?,26-/m1/s1. The van der Waals surface area contributed by atoms with Crippen LogP contribution >= 0.6 is 11.3 Å². The molecule has 1 unspecified atom stereocenters. The van der Waals surface area contributed by atoms with E-state index < -0.39 is 11.5 Å². The van der Waals surface area contributed by atoms with Gasteiger partial charge in [0, 0.05) is 22.9 Å². The Morgan fingerprint density at radius 2 is 1.88 bits per heavy atom. The van der Waals surface area contributed by atoms with Gasteiger partial charge in [-0.2, -0.15) is 0 Å². The highest BCUT2D eigenvalue weighted by atomic mass is 32.1. The van der Waals surface area contributed by atoms with E-state index in [2.05, 4.69) is 52.1 Å². The van der Waals surface area contributed by atoms with Crippen LogP contribution in [0.1, 0.15) is 60.2 Å². The van der Waals surface area contributed by atoms with Gasteiger partial charge in [-0.25, -0.2) is 15.0 Å². The third-order valence-electron chi connectivity index (χ3n) is 6.46. The van der Waals surface area contributed by atoms with E-state index in [1.807, 2.05) is 18.4 Å². The van der Waals surface area contributed by atoms with Crippen molar-refractivity contribution in [3.63, 3.8) is 0 Å². The predicted octanol–water partition coefficient (Wildman–Crippen LogP) is 4.24. The lowest BCUT2D eigenvalue weighted by atomic mass is 9.77. The van der Waals surface area contributed by atoms with Crippen molar-refractivity contribution < 1.29 is 4.79 Å². The molecule has 1 aromatic carbocycles. The summed E-state index contributed by atoms with van der Waals surface area (Å²) >= 11 is 1.56. The molecule has 6 nitrogen and oxygen atoms in total.